The van der Waals surface area contributed by atoms with E-state index in [0.717, 1.165) is 23.6 Å². The molecule has 0 saturated carbocycles. The fraction of sp³-hybridized carbons (Fsp3) is 0.533. The highest BCUT2D eigenvalue weighted by atomic mass is 79.9. The summed E-state index contributed by atoms with van der Waals surface area (Å²) in [5.41, 5.74) is 1.95. The first-order chi connectivity index (χ1) is 9.28. The zero-order valence-electron chi connectivity index (χ0n) is 11.0. The van der Waals surface area contributed by atoms with Crippen molar-refractivity contribution in [1.82, 2.24) is 4.90 Å². The summed E-state index contributed by atoms with van der Waals surface area (Å²) in [4.78, 5) is 5.11. The predicted octanol–water partition coefficient (Wildman–Crippen LogP) is 3.00. The maximum atomic E-state index is 8.99. The van der Waals surface area contributed by atoms with Crippen LogP contribution in [0.15, 0.2) is 22.7 Å². The van der Waals surface area contributed by atoms with E-state index >= 15 is 0 Å². The third kappa shape index (κ3) is 2.63. The maximum Gasteiger partial charge on any atom is 0.100 e. The molecule has 0 radical (unpaired) electrons. The van der Waals surface area contributed by atoms with Crippen molar-refractivity contribution < 1.29 is 0 Å². The third-order valence-electron chi connectivity index (χ3n) is 4.24. The Labute approximate surface area is 122 Å². The number of benzene rings is 1. The van der Waals surface area contributed by atoms with E-state index in [1.807, 2.05) is 6.07 Å². The molecule has 2 saturated heterocycles. The van der Waals surface area contributed by atoms with E-state index in [9.17, 15) is 0 Å². The van der Waals surface area contributed by atoms with Crippen LogP contribution in [0, 0.1) is 11.3 Å². The fourth-order valence-electron chi connectivity index (χ4n) is 3.23. The molecule has 2 aliphatic rings. The summed E-state index contributed by atoms with van der Waals surface area (Å²) in [5.74, 6) is 0. The first-order valence-corrected chi connectivity index (χ1v) is 7.76. The number of anilines is 1. The standard InChI is InChI=1S/C15H18BrN3/c16-15-9-13(5-4-12(15)10-17)19-8-2-7-18-6-1-3-14(18)11-19/h4-5,9,14H,1-3,6-8,11H2. The van der Waals surface area contributed by atoms with E-state index < -0.39 is 0 Å². The molecular formula is C15H18BrN3. The molecule has 1 unspecified atom stereocenters. The lowest BCUT2D eigenvalue weighted by Gasteiger charge is -2.27. The minimum absolute atomic E-state index is 0.709. The van der Waals surface area contributed by atoms with Gasteiger partial charge in [0.2, 0.25) is 0 Å². The lowest BCUT2D eigenvalue weighted by Crippen LogP contribution is -2.36. The molecule has 2 fully saturated rings. The van der Waals surface area contributed by atoms with E-state index in [-0.39, 0.29) is 0 Å². The summed E-state index contributed by atoms with van der Waals surface area (Å²) in [6.07, 6.45) is 3.90. The Morgan fingerprint density at radius 1 is 1.21 bits per heavy atom. The number of hydrogen-bond donors (Lipinski definition) is 0. The Morgan fingerprint density at radius 2 is 2.05 bits per heavy atom. The summed E-state index contributed by atoms with van der Waals surface area (Å²) >= 11 is 3.49. The minimum Gasteiger partial charge on any atom is -0.370 e. The average molecular weight is 320 g/mol. The number of rotatable bonds is 1. The van der Waals surface area contributed by atoms with Gasteiger partial charge in [-0.1, -0.05) is 0 Å². The second-order valence-corrected chi connectivity index (χ2v) is 6.26. The van der Waals surface area contributed by atoms with Crippen molar-refractivity contribution in [3.8, 4) is 6.07 Å². The summed E-state index contributed by atoms with van der Waals surface area (Å²) in [5, 5.41) is 8.99. The Hall–Kier alpha value is -1.05. The largest absolute Gasteiger partial charge is 0.370 e. The molecule has 4 heteroatoms. The number of nitrogens with zero attached hydrogens (tertiary/aromatic N) is 3. The average Bonchev–Trinajstić information content (AvgIpc) is 2.76. The first-order valence-electron chi connectivity index (χ1n) is 6.96. The van der Waals surface area contributed by atoms with Crippen LogP contribution in [-0.4, -0.2) is 37.1 Å². The highest BCUT2D eigenvalue weighted by Gasteiger charge is 2.28. The van der Waals surface area contributed by atoms with Crippen molar-refractivity contribution in [2.75, 3.05) is 31.1 Å². The Balaban J connectivity index is 1.81. The molecule has 1 atom stereocenters. The summed E-state index contributed by atoms with van der Waals surface area (Å²) in [6.45, 7) is 4.75. The van der Waals surface area contributed by atoms with Gasteiger partial charge in [-0.25, -0.2) is 0 Å². The van der Waals surface area contributed by atoms with Crippen LogP contribution in [0.25, 0.3) is 0 Å². The van der Waals surface area contributed by atoms with Crippen molar-refractivity contribution in [2.24, 2.45) is 0 Å². The Kier molecular flexibility index (Phi) is 3.76. The van der Waals surface area contributed by atoms with Crippen molar-refractivity contribution in [1.29, 1.82) is 5.26 Å². The van der Waals surface area contributed by atoms with Gasteiger partial charge in [0.15, 0.2) is 0 Å². The van der Waals surface area contributed by atoms with Crippen molar-refractivity contribution in [3.05, 3.63) is 28.2 Å². The quantitative estimate of drug-likeness (QED) is 0.797. The van der Waals surface area contributed by atoms with Crippen LogP contribution in [0.1, 0.15) is 24.8 Å². The molecular weight excluding hydrogens is 302 g/mol. The van der Waals surface area contributed by atoms with E-state index in [2.05, 4.69) is 43.9 Å². The second kappa shape index (κ2) is 5.52. The summed E-state index contributed by atoms with van der Waals surface area (Å²) in [7, 11) is 0. The molecule has 2 heterocycles. The predicted molar refractivity (Wildman–Crippen MR) is 80.3 cm³/mol. The normalized spacial score (nSPS) is 23.8. The molecule has 1 aromatic rings. The monoisotopic (exact) mass is 319 g/mol. The van der Waals surface area contributed by atoms with E-state index in [1.54, 1.807) is 0 Å². The molecule has 0 N–H and O–H groups in total. The van der Waals surface area contributed by atoms with E-state index in [1.165, 1.54) is 38.0 Å². The highest BCUT2D eigenvalue weighted by molar-refractivity contribution is 9.10. The molecule has 0 bridgehead atoms. The zero-order chi connectivity index (χ0) is 13.2. The Bertz CT molecular complexity index is 509. The van der Waals surface area contributed by atoms with Crippen LogP contribution in [0.3, 0.4) is 0 Å². The van der Waals surface area contributed by atoms with Gasteiger partial charge >= 0.3 is 0 Å². The van der Waals surface area contributed by atoms with Crippen LogP contribution < -0.4 is 4.90 Å². The highest BCUT2D eigenvalue weighted by Crippen LogP contribution is 2.28. The molecule has 2 aliphatic heterocycles. The molecule has 3 nitrogen and oxygen atoms in total. The first kappa shape index (κ1) is 13.0. The number of halogens is 1. The van der Waals surface area contributed by atoms with Gasteiger partial charge in [-0.05, 0) is 59.9 Å². The van der Waals surface area contributed by atoms with Gasteiger partial charge in [-0.15, -0.1) is 0 Å². The lowest BCUT2D eigenvalue weighted by molar-refractivity contribution is 0.273. The van der Waals surface area contributed by atoms with Crippen molar-refractivity contribution >= 4 is 21.6 Å². The molecule has 0 aromatic heterocycles. The zero-order valence-corrected chi connectivity index (χ0v) is 12.6. The van der Waals surface area contributed by atoms with E-state index in [0.29, 0.717) is 5.56 Å². The Morgan fingerprint density at radius 3 is 2.84 bits per heavy atom. The maximum absolute atomic E-state index is 8.99. The third-order valence-corrected chi connectivity index (χ3v) is 4.90. The lowest BCUT2D eigenvalue weighted by atomic mass is 10.1. The van der Waals surface area contributed by atoms with E-state index in [4.69, 9.17) is 5.26 Å². The number of nitriles is 1. The second-order valence-electron chi connectivity index (χ2n) is 5.41. The van der Waals surface area contributed by atoms with Gasteiger partial charge in [-0.3, -0.25) is 4.90 Å². The SMILES string of the molecule is N#Cc1ccc(N2CCCN3CCCC3C2)cc1Br. The summed E-state index contributed by atoms with van der Waals surface area (Å²) in [6, 6.07) is 9.00. The molecule has 0 aliphatic carbocycles. The van der Waals surface area contributed by atoms with Crippen molar-refractivity contribution in [2.45, 2.75) is 25.3 Å². The molecule has 0 amide bonds. The van der Waals surface area contributed by atoms with Gasteiger partial charge in [0.25, 0.3) is 0 Å². The van der Waals surface area contributed by atoms with Crippen LogP contribution in [0.2, 0.25) is 0 Å². The number of fused-ring (bicyclic) bond motifs is 1. The molecule has 3 rings (SSSR count). The fourth-order valence-corrected chi connectivity index (χ4v) is 3.69. The van der Waals surface area contributed by atoms with Crippen LogP contribution in [0.4, 0.5) is 5.69 Å². The van der Waals surface area contributed by atoms with Crippen LogP contribution >= 0.6 is 15.9 Å². The van der Waals surface area contributed by atoms with Gasteiger partial charge < -0.3 is 4.90 Å². The molecule has 100 valence electrons. The molecule has 1 aromatic carbocycles. The smallest absolute Gasteiger partial charge is 0.100 e. The minimum atomic E-state index is 0.709. The number of hydrogen-bond acceptors (Lipinski definition) is 3. The summed E-state index contributed by atoms with van der Waals surface area (Å²) < 4.78 is 0.903. The molecule has 0 spiro atoms. The van der Waals surface area contributed by atoms with Gasteiger partial charge in [0.1, 0.15) is 6.07 Å². The van der Waals surface area contributed by atoms with Gasteiger partial charge in [0, 0.05) is 35.8 Å². The van der Waals surface area contributed by atoms with Crippen molar-refractivity contribution in [3.63, 3.8) is 0 Å². The van der Waals surface area contributed by atoms with Crippen LogP contribution in [0.5, 0.6) is 0 Å². The van der Waals surface area contributed by atoms with Gasteiger partial charge in [0.05, 0.1) is 5.56 Å². The topological polar surface area (TPSA) is 30.3 Å². The van der Waals surface area contributed by atoms with Crippen LogP contribution in [-0.2, 0) is 0 Å². The molecule has 19 heavy (non-hydrogen) atoms. The van der Waals surface area contributed by atoms with Gasteiger partial charge in [-0.2, -0.15) is 5.26 Å².